The summed E-state index contributed by atoms with van der Waals surface area (Å²) in [6, 6.07) is 11.5. The Kier molecular flexibility index (Phi) is 1.71. The number of aromatic nitrogens is 2. The molecule has 3 rings (SSSR count). The first-order valence-corrected chi connectivity index (χ1v) is 4.86. The number of H-pyrrole nitrogens is 1. The van der Waals surface area contributed by atoms with Gasteiger partial charge < -0.3 is 5.11 Å². The van der Waals surface area contributed by atoms with Crippen molar-refractivity contribution >= 4 is 27.6 Å². The van der Waals surface area contributed by atoms with Gasteiger partial charge in [0, 0.05) is 10.8 Å². The molecule has 2 aromatic carbocycles. The van der Waals surface area contributed by atoms with E-state index < -0.39 is 5.97 Å². The highest BCUT2D eigenvalue weighted by molar-refractivity contribution is 6.11. The molecule has 1 aromatic heterocycles. The van der Waals surface area contributed by atoms with E-state index in [9.17, 15) is 4.79 Å². The molecule has 3 aromatic rings. The Hall–Kier alpha value is -2.36. The van der Waals surface area contributed by atoms with Gasteiger partial charge in [-0.3, -0.25) is 5.10 Å². The molecule has 0 atom stereocenters. The second-order valence-corrected chi connectivity index (χ2v) is 3.59. The molecule has 0 bridgehead atoms. The van der Waals surface area contributed by atoms with Gasteiger partial charge in [-0.1, -0.05) is 30.3 Å². The number of nitrogens with one attached hydrogen (secondary N) is 1. The molecule has 78 valence electrons. The fourth-order valence-corrected chi connectivity index (χ4v) is 1.91. The zero-order valence-corrected chi connectivity index (χ0v) is 8.27. The van der Waals surface area contributed by atoms with Gasteiger partial charge in [0.15, 0.2) is 5.69 Å². The molecule has 0 aliphatic heterocycles. The third kappa shape index (κ3) is 1.10. The Morgan fingerprint density at radius 2 is 1.94 bits per heavy atom. The van der Waals surface area contributed by atoms with E-state index in [2.05, 4.69) is 10.2 Å². The van der Waals surface area contributed by atoms with Gasteiger partial charge >= 0.3 is 5.97 Å². The number of hydrogen-bond donors (Lipinski definition) is 2. The highest BCUT2D eigenvalue weighted by atomic mass is 16.4. The average molecular weight is 212 g/mol. The SMILES string of the molecule is O=C(O)c1[nH]nc2c1ccc1ccccc12. The Morgan fingerprint density at radius 1 is 1.12 bits per heavy atom. The Balaban J connectivity index is 2.49. The minimum Gasteiger partial charge on any atom is -0.477 e. The third-order valence-corrected chi connectivity index (χ3v) is 2.66. The van der Waals surface area contributed by atoms with Crippen LogP contribution < -0.4 is 0 Å². The van der Waals surface area contributed by atoms with Crippen LogP contribution in [0.5, 0.6) is 0 Å². The number of rotatable bonds is 1. The van der Waals surface area contributed by atoms with Crippen molar-refractivity contribution in [3.8, 4) is 0 Å². The predicted octanol–water partition coefficient (Wildman–Crippen LogP) is 2.41. The molecular formula is C12H8N2O2. The summed E-state index contributed by atoms with van der Waals surface area (Å²) in [6.07, 6.45) is 0. The molecule has 0 unspecified atom stereocenters. The second-order valence-electron chi connectivity index (χ2n) is 3.59. The van der Waals surface area contributed by atoms with E-state index in [4.69, 9.17) is 5.11 Å². The van der Waals surface area contributed by atoms with Crippen molar-refractivity contribution in [2.45, 2.75) is 0 Å². The molecule has 0 amide bonds. The van der Waals surface area contributed by atoms with Gasteiger partial charge in [-0.15, -0.1) is 0 Å². The van der Waals surface area contributed by atoms with Crippen molar-refractivity contribution in [2.75, 3.05) is 0 Å². The van der Waals surface area contributed by atoms with Gasteiger partial charge in [0.05, 0.1) is 0 Å². The largest absolute Gasteiger partial charge is 0.477 e. The van der Waals surface area contributed by atoms with E-state index in [1.54, 1.807) is 6.07 Å². The summed E-state index contributed by atoms with van der Waals surface area (Å²) in [5.41, 5.74) is 0.844. The molecule has 16 heavy (non-hydrogen) atoms. The summed E-state index contributed by atoms with van der Waals surface area (Å²) >= 11 is 0. The lowest BCUT2D eigenvalue weighted by atomic mass is 10.1. The molecule has 0 aliphatic carbocycles. The quantitative estimate of drug-likeness (QED) is 0.651. The number of fused-ring (bicyclic) bond motifs is 3. The number of nitrogens with zero attached hydrogens (tertiary/aromatic N) is 1. The van der Waals surface area contributed by atoms with Gasteiger partial charge in [0.1, 0.15) is 5.52 Å². The second kappa shape index (κ2) is 3.06. The molecule has 0 radical (unpaired) electrons. The zero-order valence-electron chi connectivity index (χ0n) is 8.27. The molecule has 0 spiro atoms. The van der Waals surface area contributed by atoms with Gasteiger partial charge in [-0.25, -0.2) is 4.79 Å². The fraction of sp³-hybridized carbons (Fsp3) is 0. The lowest BCUT2D eigenvalue weighted by Crippen LogP contribution is -1.96. The molecule has 0 fully saturated rings. The Labute approximate surface area is 90.5 Å². The highest BCUT2D eigenvalue weighted by Gasteiger charge is 2.13. The monoisotopic (exact) mass is 212 g/mol. The summed E-state index contributed by atoms with van der Waals surface area (Å²) in [6.45, 7) is 0. The lowest BCUT2D eigenvalue weighted by molar-refractivity contribution is 0.0692. The normalized spacial score (nSPS) is 11.0. The first kappa shape index (κ1) is 8.91. The summed E-state index contributed by atoms with van der Waals surface area (Å²) in [4.78, 5) is 10.9. The molecule has 4 nitrogen and oxygen atoms in total. The third-order valence-electron chi connectivity index (χ3n) is 2.66. The molecule has 1 heterocycles. The Bertz CT molecular complexity index is 700. The van der Waals surface area contributed by atoms with Crippen LogP contribution in [0.3, 0.4) is 0 Å². The smallest absolute Gasteiger partial charge is 0.354 e. The van der Waals surface area contributed by atoms with Crippen LogP contribution in [0, 0.1) is 0 Å². The number of hydrogen-bond acceptors (Lipinski definition) is 2. The maximum absolute atomic E-state index is 10.9. The van der Waals surface area contributed by atoms with Crippen molar-refractivity contribution in [3.63, 3.8) is 0 Å². The van der Waals surface area contributed by atoms with Gasteiger partial charge in [-0.05, 0) is 11.5 Å². The van der Waals surface area contributed by atoms with Crippen LogP contribution >= 0.6 is 0 Å². The molecule has 0 saturated heterocycles. The summed E-state index contributed by atoms with van der Waals surface area (Å²) < 4.78 is 0. The van der Waals surface area contributed by atoms with Crippen molar-refractivity contribution in [1.29, 1.82) is 0 Å². The molecule has 0 saturated carbocycles. The fourth-order valence-electron chi connectivity index (χ4n) is 1.91. The lowest BCUT2D eigenvalue weighted by Gasteiger charge is -1.97. The maximum Gasteiger partial charge on any atom is 0.354 e. The minimum absolute atomic E-state index is 0.140. The summed E-state index contributed by atoms with van der Waals surface area (Å²) in [5, 5.41) is 18.3. The maximum atomic E-state index is 10.9. The van der Waals surface area contributed by atoms with Crippen LogP contribution in [-0.2, 0) is 0 Å². The zero-order chi connectivity index (χ0) is 11.1. The van der Waals surface area contributed by atoms with Crippen LogP contribution in [0.15, 0.2) is 36.4 Å². The van der Waals surface area contributed by atoms with Gasteiger partial charge in [-0.2, -0.15) is 5.10 Å². The van der Waals surface area contributed by atoms with Crippen LogP contribution in [0.25, 0.3) is 21.7 Å². The van der Waals surface area contributed by atoms with Crippen molar-refractivity contribution in [3.05, 3.63) is 42.1 Å². The predicted molar refractivity (Wildman–Crippen MR) is 60.6 cm³/mol. The van der Waals surface area contributed by atoms with Crippen molar-refractivity contribution in [1.82, 2.24) is 10.2 Å². The van der Waals surface area contributed by atoms with Crippen molar-refractivity contribution < 1.29 is 9.90 Å². The standard InChI is InChI=1S/C12H8N2O2/c15-12(16)11-9-6-5-7-3-1-2-4-8(7)10(9)13-14-11/h1-6H,(H,13,14)(H,15,16). The first-order valence-electron chi connectivity index (χ1n) is 4.86. The number of carbonyl (C=O) groups is 1. The first-order chi connectivity index (χ1) is 7.77. The topological polar surface area (TPSA) is 66.0 Å². The van der Waals surface area contributed by atoms with Crippen molar-refractivity contribution in [2.24, 2.45) is 0 Å². The van der Waals surface area contributed by atoms with Gasteiger partial charge in [0.2, 0.25) is 0 Å². The van der Waals surface area contributed by atoms with E-state index in [0.29, 0.717) is 10.9 Å². The number of aromatic amines is 1. The number of carboxylic acid groups (broad SMARTS) is 1. The molecule has 0 aliphatic rings. The van der Waals surface area contributed by atoms with Crippen LogP contribution in [0.4, 0.5) is 0 Å². The van der Waals surface area contributed by atoms with Gasteiger partial charge in [0.25, 0.3) is 0 Å². The van der Waals surface area contributed by atoms with E-state index in [1.165, 1.54) is 0 Å². The Morgan fingerprint density at radius 3 is 2.75 bits per heavy atom. The van der Waals surface area contributed by atoms with E-state index >= 15 is 0 Å². The van der Waals surface area contributed by atoms with E-state index in [1.807, 2.05) is 30.3 Å². The minimum atomic E-state index is -0.988. The average Bonchev–Trinajstić information content (AvgIpc) is 2.73. The number of carboxylic acids is 1. The van der Waals surface area contributed by atoms with E-state index in [-0.39, 0.29) is 5.69 Å². The summed E-state index contributed by atoms with van der Waals surface area (Å²) in [5.74, 6) is -0.988. The molecule has 2 N–H and O–H groups in total. The summed E-state index contributed by atoms with van der Waals surface area (Å²) in [7, 11) is 0. The van der Waals surface area contributed by atoms with Crippen LogP contribution in [0.1, 0.15) is 10.5 Å². The molecule has 4 heteroatoms. The number of aromatic carboxylic acids is 1. The van der Waals surface area contributed by atoms with E-state index in [0.717, 1.165) is 10.8 Å². The van der Waals surface area contributed by atoms with Crippen LogP contribution in [0.2, 0.25) is 0 Å². The molecular weight excluding hydrogens is 204 g/mol. The highest BCUT2D eigenvalue weighted by Crippen LogP contribution is 2.25. The van der Waals surface area contributed by atoms with Crippen LogP contribution in [-0.4, -0.2) is 21.3 Å². The number of benzene rings is 2.